The molecule has 17 heavy (non-hydrogen) atoms. The number of hydrogen-bond acceptors (Lipinski definition) is 2. The molecule has 0 aromatic carbocycles. The zero-order valence-corrected chi connectivity index (χ0v) is 13.3. The first-order valence-corrected chi connectivity index (χ1v) is 7.94. The van der Waals surface area contributed by atoms with Crippen LogP contribution in [0, 0.1) is 5.92 Å². The van der Waals surface area contributed by atoms with Crippen LogP contribution in [-0.4, -0.2) is 6.04 Å². The van der Waals surface area contributed by atoms with Gasteiger partial charge in [0.25, 0.3) is 0 Å². The topological polar surface area (TPSA) is 25.2 Å². The van der Waals surface area contributed by atoms with Gasteiger partial charge in [-0.2, -0.15) is 0 Å². The molecule has 2 unspecified atom stereocenters. The van der Waals surface area contributed by atoms with E-state index >= 15 is 0 Å². The molecule has 0 saturated heterocycles. The lowest BCUT2D eigenvalue weighted by atomic mass is 9.84. The maximum atomic E-state index is 5.57. The molecular formula is C13H19Br2NO. The van der Waals surface area contributed by atoms with Gasteiger partial charge >= 0.3 is 0 Å². The Hall–Kier alpha value is 0.200. The number of furan rings is 1. The lowest BCUT2D eigenvalue weighted by Gasteiger charge is -2.28. The average Bonchev–Trinajstić information content (AvgIpc) is 2.67. The van der Waals surface area contributed by atoms with Gasteiger partial charge < -0.3 is 9.73 Å². The molecule has 1 aliphatic carbocycles. The quantitative estimate of drug-likeness (QED) is 0.824. The van der Waals surface area contributed by atoms with Crippen LogP contribution >= 0.6 is 31.9 Å². The van der Waals surface area contributed by atoms with Crippen LogP contribution in [0.25, 0.3) is 0 Å². The average molecular weight is 365 g/mol. The molecule has 1 aliphatic rings. The van der Waals surface area contributed by atoms with Gasteiger partial charge in [-0.15, -0.1) is 0 Å². The summed E-state index contributed by atoms with van der Waals surface area (Å²) in [6.07, 6.45) is 6.71. The lowest BCUT2D eigenvalue weighted by molar-refractivity contribution is 0.273. The zero-order valence-electron chi connectivity index (χ0n) is 10.1. The van der Waals surface area contributed by atoms with E-state index in [0.717, 1.165) is 27.4 Å². The highest BCUT2D eigenvalue weighted by Crippen LogP contribution is 2.28. The van der Waals surface area contributed by atoms with Crippen LogP contribution in [0.15, 0.2) is 19.6 Å². The standard InChI is InChI=1S/C13H19Br2NO/c1-2-9-4-3-5-10(6-9)16-8-11-7-12(14)13(15)17-11/h7,9-10,16H,2-6,8H2,1H3. The first-order valence-electron chi connectivity index (χ1n) is 6.36. The minimum Gasteiger partial charge on any atom is -0.452 e. The molecule has 0 spiro atoms. The summed E-state index contributed by atoms with van der Waals surface area (Å²) < 4.78 is 7.34. The van der Waals surface area contributed by atoms with E-state index in [0.29, 0.717) is 6.04 Å². The van der Waals surface area contributed by atoms with Crippen LogP contribution in [0.1, 0.15) is 44.8 Å². The van der Waals surface area contributed by atoms with Gasteiger partial charge in [-0.25, -0.2) is 0 Å². The van der Waals surface area contributed by atoms with Gasteiger partial charge in [-0.05, 0) is 56.7 Å². The van der Waals surface area contributed by atoms with E-state index < -0.39 is 0 Å². The van der Waals surface area contributed by atoms with Crippen molar-refractivity contribution < 1.29 is 4.42 Å². The molecule has 1 heterocycles. The predicted molar refractivity (Wildman–Crippen MR) is 77.0 cm³/mol. The van der Waals surface area contributed by atoms with Gasteiger partial charge in [0, 0.05) is 6.04 Å². The lowest BCUT2D eigenvalue weighted by Crippen LogP contribution is -2.33. The second-order valence-corrected chi connectivity index (χ2v) is 6.43. The molecule has 1 aromatic heterocycles. The van der Waals surface area contributed by atoms with Crippen molar-refractivity contribution in [2.45, 2.75) is 51.6 Å². The van der Waals surface area contributed by atoms with Crippen LogP contribution in [0.3, 0.4) is 0 Å². The minimum atomic E-state index is 0.663. The van der Waals surface area contributed by atoms with Crippen molar-refractivity contribution in [3.8, 4) is 0 Å². The Bertz CT molecular complexity index is 345. The Balaban J connectivity index is 1.81. The summed E-state index contributed by atoms with van der Waals surface area (Å²) in [5, 5.41) is 3.61. The number of hydrogen-bond donors (Lipinski definition) is 1. The highest BCUT2D eigenvalue weighted by Gasteiger charge is 2.20. The van der Waals surface area contributed by atoms with E-state index in [1.807, 2.05) is 6.07 Å². The van der Waals surface area contributed by atoms with Crippen LogP contribution in [0.2, 0.25) is 0 Å². The van der Waals surface area contributed by atoms with E-state index in [1.165, 1.54) is 32.1 Å². The van der Waals surface area contributed by atoms with E-state index in [9.17, 15) is 0 Å². The molecule has 0 radical (unpaired) electrons. The van der Waals surface area contributed by atoms with Crippen LogP contribution < -0.4 is 5.32 Å². The largest absolute Gasteiger partial charge is 0.452 e. The summed E-state index contributed by atoms with van der Waals surface area (Å²) in [7, 11) is 0. The summed E-state index contributed by atoms with van der Waals surface area (Å²) >= 11 is 6.80. The molecule has 2 nitrogen and oxygen atoms in total. The molecule has 0 aliphatic heterocycles. The van der Waals surface area contributed by atoms with Crippen molar-refractivity contribution in [2.24, 2.45) is 5.92 Å². The molecule has 2 rings (SSSR count). The van der Waals surface area contributed by atoms with Gasteiger partial charge in [0.2, 0.25) is 0 Å². The molecular weight excluding hydrogens is 346 g/mol. The Morgan fingerprint density at radius 1 is 1.41 bits per heavy atom. The molecule has 0 bridgehead atoms. The Morgan fingerprint density at radius 3 is 2.88 bits per heavy atom. The van der Waals surface area contributed by atoms with Crippen LogP contribution in [0.5, 0.6) is 0 Å². The fourth-order valence-corrected chi connectivity index (χ4v) is 3.23. The maximum Gasteiger partial charge on any atom is 0.183 e. The number of rotatable bonds is 4. The smallest absolute Gasteiger partial charge is 0.183 e. The molecule has 96 valence electrons. The summed E-state index contributed by atoms with van der Waals surface area (Å²) in [4.78, 5) is 0. The first kappa shape index (κ1) is 13.6. The SMILES string of the molecule is CCC1CCCC(NCc2cc(Br)c(Br)o2)C1. The minimum absolute atomic E-state index is 0.663. The normalized spacial score (nSPS) is 25.1. The summed E-state index contributed by atoms with van der Waals surface area (Å²) in [6, 6.07) is 2.69. The summed E-state index contributed by atoms with van der Waals surface area (Å²) in [5.74, 6) is 1.90. The Labute approximate surface area is 120 Å². The second-order valence-electron chi connectivity index (χ2n) is 4.85. The monoisotopic (exact) mass is 363 g/mol. The van der Waals surface area contributed by atoms with Crippen LogP contribution in [-0.2, 0) is 6.54 Å². The molecule has 2 atom stereocenters. The first-order chi connectivity index (χ1) is 8.19. The molecule has 1 fully saturated rings. The Kier molecular flexibility index (Phi) is 5.12. The van der Waals surface area contributed by atoms with Gasteiger partial charge in [-0.3, -0.25) is 0 Å². The highest BCUT2D eigenvalue weighted by molar-refractivity contribution is 9.13. The van der Waals surface area contributed by atoms with Crippen LogP contribution in [0.4, 0.5) is 0 Å². The van der Waals surface area contributed by atoms with Crippen molar-refractivity contribution in [2.75, 3.05) is 0 Å². The predicted octanol–water partition coefficient (Wildman–Crippen LogP) is 4.86. The number of halogens is 2. The molecule has 4 heteroatoms. The second kappa shape index (κ2) is 6.39. The summed E-state index contributed by atoms with van der Waals surface area (Å²) in [6.45, 7) is 3.12. The highest BCUT2D eigenvalue weighted by atomic mass is 79.9. The van der Waals surface area contributed by atoms with Gasteiger partial charge in [0.1, 0.15) is 5.76 Å². The molecule has 0 amide bonds. The van der Waals surface area contributed by atoms with Crippen molar-refractivity contribution in [1.82, 2.24) is 5.32 Å². The Morgan fingerprint density at radius 2 is 2.24 bits per heavy atom. The van der Waals surface area contributed by atoms with Crippen molar-refractivity contribution in [3.63, 3.8) is 0 Å². The van der Waals surface area contributed by atoms with E-state index in [-0.39, 0.29) is 0 Å². The number of nitrogens with one attached hydrogen (secondary N) is 1. The third kappa shape index (κ3) is 3.83. The van der Waals surface area contributed by atoms with Gasteiger partial charge in [-0.1, -0.05) is 26.2 Å². The third-order valence-electron chi connectivity index (χ3n) is 3.62. The third-order valence-corrected chi connectivity index (χ3v) is 5.33. The molecule has 1 N–H and O–H groups in total. The van der Waals surface area contributed by atoms with E-state index in [2.05, 4.69) is 44.1 Å². The summed E-state index contributed by atoms with van der Waals surface area (Å²) in [5.41, 5.74) is 0. The molecule has 1 aromatic rings. The van der Waals surface area contributed by atoms with Crippen molar-refractivity contribution in [3.05, 3.63) is 21.0 Å². The fraction of sp³-hybridized carbons (Fsp3) is 0.692. The van der Waals surface area contributed by atoms with E-state index in [4.69, 9.17) is 4.42 Å². The molecule has 1 saturated carbocycles. The van der Waals surface area contributed by atoms with Gasteiger partial charge in [0.15, 0.2) is 4.67 Å². The van der Waals surface area contributed by atoms with Crippen molar-refractivity contribution >= 4 is 31.9 Å². The fourth-order valence-electron chi connectivity index (χ4n) is 2.57. The maximum absolute atomic E-state index is 5.57. The van der Waals surface area contributed by atoms with E-state index in [1.54, 1.807) is 0 Å². The van der Waals surface area contributed by atoms with Gasteiger partial charge in [0.05, 0.1) is 11.0 Å². The zero-order chi connectivity index (χ0) is 12.3. The van der Waals surface area contributed by atoms with Crippen molar-refractivity contribution in [1.29, 1.82) is 0 Å².